The van der Waals surface area contributed by atoms with E-state index in [0.717, 1.165) is 18.5 Å². The van der Waals surface area contributed by atoms with E-state index in [1.54, 1.807) is 0 Å². The Hall–Kier alpha value is -2.04. The van der Waals surface area contributed by atoms with Gasteiger partial charge in [0.05, 0.1) is 0 Å². The minimum absolute atomic E-state index is 0.119. The average molecular weight is 288 g/mol. The van der Waals surface area contributed by atoms with Gasteiger partial charge in [0, 0.05) is 24.7 Å². The van der Waals surface area contributed by atoms with Crippen LogP contribution in [0.15, 0.2) is 23.2 Å². The van der Waals surface area contributed by atoms with Crippen molar-refractivity contribution in [2.45, 2.75) is 45.6 Å². The second kappa shape index (κ2) is 7.11. The maximum atomic E-state index is 11.5. The van der Waals surface area contributed by atoms with Gasteiger partial charge in [-0.25, -0.2) is 0 Å². The molecule has 0 aliphatic heterocycles. The second-order valence-corrected chi connectivity index (χ2v) is 5.71. The first-order valence-electron chi connectivity index (χ1n) is 7.47. The Morgan fingerprint density at radius 3 is 2.57 bits per heavy atom. The summed E-state index contributed by atoms with van der Waals surface area (Å²) in [5.41, 5.74) is 9.16. The van der Waals surface area contributed by atoms with Crippen molar-refractivity contribution in [2.75, 3.05) is 11.9 Å². The number of carbonyl (C=O) groups excluding carboxylic acids is 1. The summed E-state index contributed by atoms with van der Waals surface area (Å²) in [6.45, 7) is 4.65. The van der Waals surface area contributed by atoms with Crippen LogP contribution in [0.25, 0.3) is 0 Å². The number of anilines is 1. The van der Waals surface area contributed by atoms with E-state index in [2.05, 4.69) is 21.7 Å². The fourth-order valence-corrected chi connectivity index (χ4v) is 2.20. The van der Waals surface area contributed by atoms with E-state index in [1.165, 1.54) is 11.1 Å². The number of amides is 1. The number of guanidine groups is 1. The number of hydrogen-bond donors (Lipinski definition) is 3. The van der Waals surface area contributed by atoms with Gasteiger partial charge in [0.1, 0.15) is 0 Å². The summed E-state index contributed by atoms with van der Waals surface area (Å²) in [4.78, 5) is 15.7. The predicted molar refractivity (Wildman–Crippen MR) is 86.4 cm³/mol. The summed E-state index contributed by atoms with van der Waals surface area (Å²) in [5.74, 6) is 0.510. The molecular weight excluding hydrogens is 264 g/mol. The number of aliphatic imine (C=N–C) groups is 1. The lowest BCUT2D eigenvalue weighted by atomic mass is 10.1. The molecule has 1 saturated carbocycles. The zero-order valence-electron chi connectivity index (χ0n) is 12.8. The number of aryl methyl sites for hydroxylation is 2. The summed E-state index contributed by atoms with van der Waals surface area (Å²) in [6.07, 6.45) is 3.47. The van der Waals surface area contributed by atoms with E-state index in [9.17, 15) is 4.79 Å². The molecule has 0 spiro atoms. The molecule has 5 nitrogen and oxygen atoms in total. The van der Waals surface area contributed by atoms with E-state index >= 15 is 0 Å². The van der Waals surface area contributed by atoms with Gasteiger partial charge in [-0.05, 0) is 56.4 Å². The molecule has 4 N–H and O–H groups in total. The van der Waals surface area contributed by atoms with Crippen molar-refractivity contribution in [3.8, 4) is 0 Å². The molecule has 0 aromatic heterocycles. The van der Waals surface area contributed by atoms with Gasteiger partial charge in [-0.3, -0.25) is 9.79 Å². The summed E-state index contributed by atoms with van der Waals surface area (Å²) in [5, 5.41) is 6.04. The molecule has 1 amide bonds. The van der Waals surface area contributed by atoms with E-state index in [1.807, 2.05) is 26.0 Å². The fourth-order valence-electron chi connectivity index (χ4n) is 2.20. The molecule has 0 bridgehead atoms. The van der Waals surface area contributed by atoms with E-state index < -0.39 is 0 Å². The van der Waals surface area contributed by atoms with Gasteiger partial charge < -0.3 is 16.4 Å². The highest BCUT2D eigenvalue weighted by atomic mass is 16.1. The van der Waals surface area contributed by atoms with Crippen molar-refractivity contribution < 1.29 is 4.79 Å². The Morgan fingerprint density at radius 2 is 1.95 bits per heavy atom. The van der Waals surface area contributed by atoms with E-state index in [4.69, 9.17) is 5.73 Å². The Morgan fingerprint density at radius 1 is 1.29 bits per heavy atom. The Bertz CT molecular complexity index is 515. The first kappa shape index (κ1) is 15.4. The lowest BCUT2D eigenvalue weighted by Gasteiger charge is -2.08. The van der Waals surface area contributed by atoms with Gasteiger partial charge in [0.15, 0.2) is 5.96 Å². The van der Waals surface area contributed by atoms with Crippen molar-refractivity contribution in [1.29, 1.82) is 0 Å². The van der Waals surface area contributed by atoms with Crippen LogP contribution in [0, 0.1) is 13.8 Å². The van der Waals surface area contributed by atoms with Crippen LogP contribution in [0.2, 0.25) is 0 Å². The zero-order chi connectivity index (χ0) is 15.2. The summed E-state index contributed by atoms with van der Waals surface area (Å²) in [6, 6.07) is 6.59. The third-order valence-corrected chi connectivity index (χ3v) is 3.28. The molecule has 114 valence electrons. The number of hydrogen-bond acceptors (Lipinski definition) is 2. The second-order valence-electron chi connectivity index (χ2n) is 5.71. The van der Waals surface area contributed by atoms with Crippen molar-refractivity contribution in [1.82, 2.24) is 5.32 Å². The lowest BCUT2D eigenvalue weighted by molar-refractivity contribution is -0.121. The molecular formula is C16H24N4O. The highest BCUT2D eigenvalue weighted by molar-refractivity contribution is 5.92. The monoisotopic (exact) mass is 288 g/mol. The van der Waals surface area contributed by atoms with Gasteiger partial charge in [0.2, 0.25) is 5.91 Å². The van der Waals surface area contributed by atoms with Crippen molar-refractivity contribution in [2.24, 2.45) is 10.7 Å². The average Bonchev–Trinajstić information content (AvgIpc) is 3.17. The summed E-state index contributed by atoms with van der Waals surface area (Å²) >= 11 is 0. The first-order chi connectivity index (χ1) is 10.0. The normalized spacial score (nSPS) is 14.9. The highest BCUT2D eigenvalue weighted by Crippen LogP contribution is 2.18. The minimum Gasteiger partial charge on any atom is -0.370 e. The largest absolute Gasteiger partial charge is 0.370 e. The van der Waals surface area contributed by atoms with Gasteiger partial charge in [-0.15, -0.1) is 0 Å². The molecule has 0 unspecified atom stereocenters. The maximum Gasteiger partial charge on any atom is 0.220 e. The van der Waals surface area contributed by atoms with Crippen LogP contribution < -0.4 is 16.4 Å². The Kier molecular flexibility index (Phi) is 5.20. The van der Waals surface area contributed by atoms with Crippen LogP contribution in [0.4, 0.5) is 5.69 Å². The molecule has 1 aliphatic carbocycles. The van der Waals surface area contributed by atoms with Crippen LogP contribution in [0.5, 0.6) is 0 Å². The van der Waals surface area contributed by atoms with Crippen molar-refractivity contribution in [3.05, 3.63) is 29.3 Å². The van der Waals surface area contributed by atoms with Crippen LogP contribution in [-0.2, 0) is 4.79 Å². The van der Waals surface area contributed by atoms with Crippen LogP contribution in [0.3, 0.4) is 0 Å². The number of carbonyl (C=O) groups is 1. The Balaban J connectivity index is 1.71. The van der Waals surface area contributed by atoms with Crippen LogP contribution in [-0.4, -0.2) is 24.5 Å². The predicted octanol–water partition coefficient (Wildman–Crippen LogP) is 2.09. The zero-order valence-corrected chi connectivity index (χ0v) is 12.8. The number of nitrogens with one attached hydrogen (secondary N) is 2. The molecule has 0 radical (unpaired) electrons. The fraction of sp³-hybridized carbons (Fsp3) is 0.500. The number of rotatable bonds is 6. The third-order valence-electron chi connectivity index (χ3n) is 3.28. The topological polar surface area (TPSA) is 79.5 Å². The van der Waals surface area contributed by atoms with Crippen LogP contribution >= 0.6 is 0 Å². The minimum atomic E-state index is 0.119. The molecule has 5 heteroatoms. The molecule has 1 fully saturated rings. The number of benzene rings is 1. The Labute approximate surface area is 126 Å². The number of nitrogens with two attached hydrogens (primary N) is 1. The summed E-state index contributed by atoms with van der Waals surface area (Å²) < 4.78 is 0. The quantitative estimate of drug-likeness (QED) is 0.426. The molecule has 1 aromatic carbocycles. The molecule has 1 aliphatic rings. The SMILES string of the molecule is Cc1cc(C)cc(NC(N)=NCCCC(=O)NC2CC2)c1. The first-order valence-corrected chi connectivity index (χ1v) is 7.47. The molecule has 21 heavy (non-hydrogen) atoms. The molecule has 1 aromatic rings. The smallest absolute Gasteiger partial charge is 0.220 e. The van der Waals surface area contributed by atoms with Gasteiger partial charge in [-0.1, -0.05) is 6.07 Å². The molecule has 2 rings (SSSR count). The van der Waals surface area contributed by atoms with Gasteiger partial charge in [-0.2, -0.15) is 0 Å². The standard InChI is InChI=1S/C16H24N4O/c1-11-8-12(2)10-14(9-11)20-16(17)18-7-3-4-15(21)19-13-5-6-13/h8-10,13H,3-7H2,1-2H3,(H,19,21)(H3,17,18,20). The van der Waals surface area contributed by atoms with Crippen molar-refractivity contribution >= 4 is 17.6 Å². The van der Waals surface area contributed by atoms with Crippen LogP contribution in [0.1, 0.15) is 36.8 Å². The molecule has 0 heterocycles. The molecule has 0 saturated heterocycles. The third kappa shape index (κ3) is 5.85. The lowest BCUT2D eigenvalue weighted by Crippen LogP contribution is -2.25. The van der Waals surface area contributed by atoms with E-state index in [-0.39, 0.29) is 5.91 Å². The van der Waals surface area contributed by atoms with E-state index in [0.29, 0.717) is 31.4 Å². The maximum absolute atomic E-state index is 11.5. The highest BCUT2D eigenvalue weighted by Gasteiger charge is 2.22. The van der Waals surface area contributed by atoms with Gasteiger partial charge in [0.25, 0.3) is 0 Å². The number of nitrogens with zero attached hydrogens (tertiary/aromatic N) is 1. The summed E-state index contributed by atoms with van der Waals surface area (Å²) in [7, 11) is 0. The molecule has 0 atom stereocenters. The van der Waals surface area contributed by atoms with Crippen molar-refractivity contribution in [3.63, 3.8) is 0 Å². The van der Waals surface area contributed by atoms with Gasteiger partial charge >= 0.3 is 0 Å².